The van der Waals surface area contributed by atoms with Crippen LogP contribution in [0.4, 0.5) is 0 Å². The number of carboxylic acids is 1. The van der Waals surface area contributed by atoms with E-state index in [1.54, 1.807) is 31.5 Å². The number of thioether (sulfide) groups is 1. The number of hydrogen-bond donors (Lipinski definition) is 2. The Morgan fingerprint density at radius 2 is 1.94 bits per heavy atom. The molecule has 0 amide bonds. The Hall–Kier alpha value is -3.22. The number of thiol groups is 1. The molecule has 4 rings (SSSR count). The Morgan fingerprint density at radius 3 is 2.63 bits per heavy atom. The third-order valence-electron chi connectivity index (χ3n) is 5.21. The first kappa shape index (κ1) is 24.9. The van der Waals surface area contributed by atoms with Crippen molar-refractivity contribution in [3.8, 4) is 11.5 Å². The Kier molecular flexibility index (Phi) is 6.97. The number of imidazole rings is 1. The average molecular weight is 532 g/mol. The molecule has 0 spiro atoms. The molecule has 0 fully saturated rings. The van der Waals surface area contributed by atoms with Crippen molar-refractivity contribution in [1.29, 1.82) is 0 Å². The molecule has 0 atom stereocenters. The monoisotopic (exact) mass is 531 g/mol. The molecule has 4 aromatic rings. The molecular formula is C23H21N3O6S3. The number of aromatic carboxylic acids is 1. The number of fused-ring (bicyclic) bond motifs is 1. The van der Waals surface area contributed by atoms with Gasteiger partial charge in [0.15, 0.2) is 5.16 Å². The van der Waals surface area contributed by atoms with E-state index in [9.17, 15) is 18.3 Å². The van der Waals surface area contributed by atoms with Crippen molar-refractivity contribution in [2.45, 2.75) is 27.6 Å². The minimum atomic E-state index is -4.22. The standard InChI is InChI=1S/C23H21N3O6S3/c1-13-11-24-18(21(33)20(13)32-3)12-34-23-25-17-8-7-15(31-2)10-19(17)26(23)35(29,30)16-6-4-5-14(9-16)22(27)28/h4-11,33H,12H2,1-3H3,(H,27,28). The molecule has 0 saturated heterocycles. The number of nitrogens with zero attached hydrogens (tertiary/aromatic N) is 3. The lowest BCUT2D eigenvalue weighted by Gasteiger charge is -2.13. The predicted molar refractivity (Wildman–Crippen MR) is 135 cm³/mol. The van der Waals surface area contributed by atoms with Gasteiger partial charge < -0.3 is 14.6 Å². The molecule has 0 saturated carbocycles. The number of aryl methyl sites for hydroxylation is 1. The molecule has 0 bridgehead atoms. The Labute approximate surface area is 211 Å². The van der Waals surface area contributed by atoms with E-state index in [2.05, 4.69) is 22.6 Å². The quantitative estimate of drug-likeness (QED) is 0.254. The van der Waals surface area contributed by atoms with Crippen molar-refractivity contribution in [3.63, 3.8) is 0 Å². The second kappa shape index (κ2) is 9.80. The summed E-state index contributed by atoms with van der Waals surface area (Å²) in [5, 5.41) is 9.52. The highest BCUT2D eigenvalue weighted by atomic mass is 32.2. The van der Waals surface area contributed by atoms with Crippen LogP contribution in [0.2, 0.25) is 0 Å². The summed E-state index contributed by atoms with van der Waals surface area (Å²) in [6.45, 7) is 1.85. The predicted octanol–water partition coefficient (Wildman–Crippen LogP) is 4.27. The molecule has 0 aliphatic heterocycles. The highest BCUT2D eigenvalue weighted by Gasteiger charge is 2.26. The van der Waals surface area contributed by atoms with Crippen LogP contribution in [0.1, 0.15) is 21.6 Å². The van der Waals surface area contributed by atoms with E-state index < -0.39 is 16.0 Å². The van der Waals surface area contributed by atoms with Crippen LogP contribution in [0, 0.1) is 6.92 Å². The van der Waals surface area contributed by atoms with Crippen molar-refractivity contribution in [2.24, 2.45) is 0 Å². The summed E-state index contributed by atoms with van der Waals surface area (Å²) < 4.78 is 39.3. The fraction of sp³-hybridized carbons (Fsp3) is 0.174. The Morgan fingerprint density at radius 1 is 1.17 bits per heavy atom. The van der Waals surface area contributed by atoms with Gasteiger partial charge in [0, 0.05) is 23.6 Å². The van der Waals surface area contributed by atoms with Crippen LogP contribution in [-0.2, 0) is 15.8 Å². The number of rotatable bonds is 8. The summed E-state index contributed by atoms with van der Waals surface area (Å²) in [7, 11) is -1.19. The maximum absolute atomic E-state index is 13.8. The van der Waals surface area contributed by atoms with Gasteiger partial charge in [0.2, 0.25) is 0 Å². The van der Waals surface area contributed by atoms with Crippen LogP contribution in [0.25, 0.3) is 11.0 Å². The summed E-state index contributed by atoms with van der Waals surface area (Å²) in [5.41, 5.74) is 2.02. The number of pyridine rings is 1. The fourth-order valence-corrected chi connectivity index (χ4v) is 6.68. The molecular weight excluding hydrogens is 510 g/mol. The second-order valence-corrected chi connectivity index (χ2v) is 10.6. The molecule has 35 heavy (non-hydrogen) atoms. The van der Waals surface area contributed by atoms with Gasteiger partial charge in [-0.25, -0.2) is 22.2 Å². The molecule has 9 nitrogen and oxygen atoms in total. The maximum atomic E-state index is 13.8. The van der Waals surface area contributed by atoms with Gasteiger partial charge in [-0.1, -0.05) is 17.8 Å². The molecule has 0 radical (unpaired) electrons. The van der Waals surface area contributed by atoms with Crippen LogP contribution in [0.5, 0.6) is 11.5 Å². The van der Waals surface area contributed by atoms with E-state index in [1.807, 2.05) is 6.92 Å². The molecule has 1 N–H and O–H groups in total. The summed E-state index contributed by atoms with van der Waals surface area (Å²) >= 11 is 5.69. The Bertz CT molecular complexity index is 1550. The summed E-state index contributed by atoms with van der Waals surface area (Å²) in [5.74, 6) is 0.0812. The zero-order valence-electron chi connectivity index (χ0n) is 18.9. The number of benzene rings is 2. The zero-order chi connectivity index (χ0) is 25.3. The normalized spacial score (nSPS) is 11.5. The molecule has 12 heteroatoms. The van der Waals surface area contributed by atoms with E-state index in [1.165, 1.54) is 25.3 Å². The number of ether oxygens (including phenoxy) is 2. The van der Waals surface area contributed by atoms with E-state index in [4.69, 9.17) is 9.47 Å². The number of hydrogen-bond acceptors (Lipinski definition) is 9. The zero-order valence-corrected chi connectivity index (χ0v) is 21.4. The third-order valence-corrected chi connectivity index (χ3v) is 8.44. The van der Waals surface area contributed by atoms with Crippen LogP contribution in [0.15, 0.2) is 63.6 Å². The lowest BCUT2D eigenvalue weighted by atomic mass is 10.2. The summed E-state index contributed by atoms with van der Waals surface area (Å²) in [6.07, 6.45) is 1.66. The number of carboxylic acid groups (broad SMARTS) is 1. The van der Waals surface area contributed by atoms with Gasteiger partial charge in [-0.05, 0) is 37.3 Å². The number of carbonyl (C=O) groups is 1. The molecule has 2 aromatic heterocycles. The summed E-state index contributed by atoms with van der Waals surface area (Å²) in [6, 6.07) is 10.1. The third kappa shape index (κ3) is 4.68. The molecule has 0 aliphatic carbocycles. The smallest absolute Gasteiger partial charge is 0.335 e. The van der Waals surface area contributed by atoms with Crippen LogP contribution < -0.4 is 9.47 Å². The summed E-state index contributed by atoms with van der Waals surface area (Å²) in [4.78, 5) is 20.8. The van der Waals surface area contributed by atoms with Gasteiger partial charge in [-0.2, -0.15) is 0 Å². The van der Waals surface area contributed by atoms with Gasteiger partial charge in [0.05, 0.1) is 46.3 Å². The molecule has 0 aliphatic rings. The van der Waals surface area contributed by atoms with Crippen LogP contribution in [0.3, 0.4) is 0 Å². The largest absolute Gasteiger partial charge is 0.497 e. The lowest BCUT2D eigenvalue weighted by Crippen LogP contribution is -2.15. The number of aromatic nitrogens is 3. The van der Waals surface area contributed by atoms with Gasteiger partial charge in [0.1, 0.15) is 11.5 Å². The van der Waals surface area contributed by atoms with E-state index in [0.29, 0.717) is 33.1 Å². The fourth-order valence-electron chi connectivity index (χ4n) is 3.47. The van der Waals surface area contributed by atoms with E-state index >= 15 is 0 Å². The van der Waals surface area contributed by atoms with Crippen molar-refractivity contribution in [3.05, 3.63) is 65.5 Å². The minimum absolute atomic E-state index is 0.141. The molecule has 2 aromatic carbocycles. The number of methoxy groups -OCH3 is 2. The van der Waals surface area contributed by atoms with E-state index in [-0.39, 0.29) is 21.4 Å². The first-order chi connectivity index (χ1) is 16.7. The van der Waals surface area contributed by atoms with Gasteiger partial charge in [0.25, 0.3) is 10.0 Å². The van der Waals surface area contributed by atoms with E-state index in [0.717, 1.165) is 27.4 Å². The highest BCUT2D eigenvalue weighted by molar-refractivity contribution is 7.99. The lowest BCUT2D eigenvalue weighted by molar-refractivity contribution is 0.0696. The highest BCUT2D eigenvalue weighted by Crippen LogP contribution is 2.35. The van der Waals surface area contributed by atoms with Gasteiger partial charge in [-0.3, -0.25) is 4.98 Å². The maximum Gasteiger partial charge on any atom is 0.335 e. The van der Waals surface area contributed by atoms with Gasteiger partial charge >= 0.3 is 5.97 Å². The minimum Gasteiger partial charge on any atom is -0.497 e. The van der Waals surface area contributed by atoms with Crippen molar-refractivity contribution < 1.29 is 27.8 Å². The van der Waals surface area contributed by atoms with Crippen molar-refractivity contribution in [1.82, 2.24) is 13.9 Å². The molecule has 182 valence electrons. The Balaban J connectivity index is 1.85. The van der Waals surface area contributed by atoms with Crippen LogP contribution in [-0.4, -0.2) is 47.7 Å². The first-order valence-electron chi connectivity index (χ1n) is 10.2. The van der Waals surface area contributed by atoms with Crippen molar-refractivity contribution >= 4 is 51.4 Å². The molecule has 0 unspecified atom stereocenters. The topological polar surface area (TPSA) is 121 Å². The second-order valence-electron chi connectivity index (χ2n) is 7.41. The van der Waals surface area contributed by atoms with Gasteiger partial charge in [-0.15, -0.1) is 12.6 Å². The van der Waals surface area contributed by atoms with Crippen molar-refractivity contribution in [2.75, 3.05) is 14.2 Å². The SMILES string of the molecule is COc1ccc2nc(SCc3ncc(C)c(OC)c3S)n(S(=O)(=O)c3cccc(C(=O)O)c3)c2c1. The molecule has 2 heterocycles. The average Bonchev–Trinajstić information content (AvgIpc) is 3.22. The first-order valence-corrected chi connectivity index (χ1v) is 13.0. The van der Waals surface area contributed by atoms with Crippen LogP contribution >= 0.6 is 24.4 Å².